The molecule has 0 bridgehead atoms. The van der Waals surface area contributed by atoms with Gasteiger partial charge in [-0.15, -0.1) is 10.2 Å². The summed E-state index contributed by atoms with van der Waals surface area (Å²) in [6.45, 7) is 3.80. The molecule has 0 atom stereocenters. The van der Waals surface area contributed by atoms with Crippen molar-refractivity contribution in [2.45, 2.75) is 26.5 Å². The minimum atomic E-state index is -0.479. The van der Waals surface area contributed by atoms with E-state index in [4.69, 9.17) is 13.9 Å². The van der Waals surface area contributed by atoms with E-state index in [1.807, 2.05) is 6.07 Å². The molecule has 0 fully saturated rings. The molecule has 0 spiro atoms. The van der Waals surface area contributed by atoms with Crippen LogP contribution < -0.4 is 10.4 Å². The molecular weight excluding hydrogens is 400 g/mol. The molecule has 4 aromatic rings. The van der Waals surface area contributed by atoms with Crippen LogP contribution in [0.15, 0.2) is 57.7 Å². The molecule has 0 saturated heterocycles. The van der Waals surface area contributed by atoms with E-state index in [2.05, 4.69) is 15.4 Å². The Morgan fingerprint density at radius 1 is 1.16 bits per heavy atom. The van der Waals surface area contributed by atoms with Crippen LogP contribution in [0, 0.1) is 0 Å². The molecule has 4 rings (SSSR count). The fraction of sp³-hybridized carbons (Fsp3) is 0.227. The highest BCUT2D eigenvalue weighted by atomic mass is 16.5. The van der Waals surface area contributed by atoms with Gasteiger partial charge in [-0.1, -0.05) is 12.1 Å². The van der Waals surface area contributed by atoms with Crippen molar-refractivity contribution in [2.24, 2.45) is 0 Å². The second kappa shape index (κ2) is 8.39. The van der Waals surface area contributed by atoms with Crippen molar-refractivity contribution in [3.8, 4) is 17.1 Å². The van der Waals surface area contributed by atoms with E-state index in [1.165, 1.54) is 10.9 Å². The van der Waals surface area contributed by atoms with Crippen LogP contribution in [0.5, 0.6) is 5.75 Å². The number of ether oxygens (including phenoxy) is 2. The number of hydrogen-bond acceptors (Lipinski definition) is 8. The Morgan fingerprint density at radius 3 is 2.77 bits per heavy atom. The molecule has 2 aromatic carbocycles. The highest BCUT2D eigenvalue weighted by Crippen LogP contribution is 2.23. The zero-order valence-electron chi connectivity index (χ0n) is 17.2. The van der Waals surface area contributed by atoms with Crippen LogP contribution in [0.1, 0.15) is 29.8 Å². The van der Waals surface area contributed by atoms with E-state index in [1.54, 1.807) is 57.4 Å². The van der Waals surface area contributed by atoms with Crippen molar-refractivity contribution in [3.63, 3.8) is 0 Å². The van der Waals surface area contributed by atoms with Gasteiger partial charge >= 0.3 is 11.6 Å². The Balaban J connectivity index is 1.62. The Hall–Kier alpha value is -4.01. The molecule has 2 aromatic heterocycles. The molecule has 2 heterocycles. The van der Waals surface area contributed by atoms with Crippen molar-refractivity contribution in [2.75, 3.05) is 7.11 Å². The summed E-state index contributed by atoms with van der Waals surface area (Å²) in [6, 6.07) is 13.5. The Kier molecular flexibility index (Phi) is 5.48. The molecule has 0 radical (unpaired) electrons. The molecule has 0 aliphatic rings. The molecule has 0 N–H and O–H groups in total. The van der Waals surface area contributed by atoms with Gasteiger partial charge in [0.25, 0.3) is 0 Å². The number of fused-ring (bicyclic) bond motifs is 1. The number of rotatable bonds is 6. The molecule has 158 valence electrons. The van der Waals surface area contributed by atoms with Crippen molar-refractivity contribution < 1.29 is 18.7 Å². The summed E-state index contributed by atoms with van der Waals surface area (Å²) in [5.74, 6) is 0.528. The number of esters is 1. The predicted molar refractivity (Wildman–Crippen MR) is 112 cm³/mol. The number of carbonyl (C=O) groups is 1. The lowest BCUT2D eigenvalue weighted by Crippen LogP contribution is -2.11. The van der Waals surface area contributed by atoms with Gasteiger partial charge in [0, 0.05) is 23.1 Å². The number of carbonyl (C=O) groups excluding carboxylic acids is 1. The van der Waals surface area contributed by atoms with E-state index >= 15 is 0 Å². The maximum atomic E-state index is 12.2. The van der Waals surface area contributed by atoms with E-state index in [0.717, 1.165) is 5.39 Å². The third-order valence-corrected chi connectivity index (χ3v) is 4.50. The predicted octanol–water partition coefficient (Wildman–Crippen LogP) is 3.07. The SMILES string of the molecule is COc1ccc2c(Cn3nnc(-c4cccc(C(=O)OC(C)C)c4)n3)cc(=O)oc2c1. The third-order valence-electron chi connectivity index (χ3n) is 4.50. The number of tetrazole rings is 1. The Morgan fingerprint density at radius 2 is 2.00 bits per heavy atom. The first-order valence-corrected chi connectivity index (χ1v) is 9.63. The van der Waals surface area contributed by atoms with E-state index in [-0.39, 0.29) is 12.6 Å². The second-order valence-electron chi connectivity index (χ2n) is 7.13. The normalized spacial score (nSPS) is 11.1. The van der Waals surface area contributed by atoms with Crippen LogP contribution >= 0.6 is 0 Å². The molecule has 0 saturated carbocycles. The minimum absolute atomic E-state index is 0.214. The summed E-state index contributed by atoms with van der Waals surface area (Å²) in [4.78, 5) is 25.5. The van der Waals surface area contributed by atoms with Crippen molar-refractivity contribution in [3.05, 3.63) is 70.1 Å². The van der Waals surface area contributed by atoms with Gasteiger partial charge in [0.15, 0.2) is 0 Å². The van der Waals surface area contributed by atoms with E-state index in [0.29, 0.717) is 33.8 Å². The van der Waals surface area contributed by atoms with Gasteiger partial charge in [-0.25, -0.2) is 9.59 Å². The van der Waals surface area contributed by atoms with Gasteiger partial charge in [-0.2, -0.15) is 4.80 Å². The lowest BCUT2D eigenvalue weighted by molar-refractivity contribution is 0.0378. The van der Waals surface area contributed by atoms with Crippen LogP contribution in [-0.2, 0) is 11.3 Å². The standard InChI is InChI=1S/C22H20N4O5/c1-13(2)30-22(28)15-6-4-5-14(9-15)21-23-25-26(24-21)12-16-10-20(27)31-19-11-17(29-3)7-8-18(16)19/h4-11,13H,12H2,1-3H3. The van der Waals surface area contributed by atoms with Gasteiger partial charge in [-0.3, -0.25) is 0 Å². The van der Waals surface area contributed by atoms with Gasteiger partial charge in [0.05, 0.1) is 25.3 Å². The van der Waals surface area contributed by atoms with E-state index < -0.39 is 11.6 Å². The molecule has 31 heavy (non-hydrogen) atoms. The van der Waals surface area contributed by atoms with Crippen LogP contribution in [0.3, 0.4) is 0 Å². The van der Waals surface area contributed by atoms with Crippen LogP contribution in [0.2, 0.25) is 0 Å². The number of nitrogens with zero attached hydrogens (tertiary/aromatic N) is 4. The van der Waals surface area contributed by atoms with Crippen molar-refractivity contribution in [1.29, 1.82) is 0 Å². The molecule has 0 aliphatic heterocycles. The molecule has 0 amide bonds. The molecule has 9 heteroatoms. The van der Waals surface area contributed by atoms with E-state index in [9.17, 15) is 9.59 Å². The maximum absolute atomic E-state index is 12.2. The average Bonchev–Trinajstić information content (AvgIpc) is 3.21. The topological polar surface area (TPSA) is 109 Å². The summed E-state index contributed by atoms with van der Waals surface area (Å²) in [6.07, 6.45) is -0.214. The zero-order valence-corrected chi connectivity index (χ0v) is 17.2. The summed E-state index contributed by atoms with van der Waals surface area (Å²) < 4.78 is 15.7. The Labute approximate surface area is 177 Å². The quantitative estimate of drug-likeness (QED) is 0.346. The molecule has 9 nitrogen and oxygen atoms in total. The van der Waals surface area contributed by atoms with Crippen molar-refractivity contribution in [1.82, 2.24) is 20.2 Å². The molecule has 0 aliphatic carbocycles. The summed E-state index contributed by atoms with van der Waals surface area (Å²) >= 11 is 0. The highest BCUT2D eigenvalue weighted by Gasteiger charge is 2.14. The fourth-order valence-corrected chi connectivity index (χ4v) is 3.11. The number of aromatic nitrogens is 4. The summed E-state index contributed by atoms with van der Waals surface area (Å²) in [7, 11) is 1.54. The van der Waals surface area contributed by atoms with Gasteiger partial charge in [0.1, 0.15) is 11.3 Å². The largest absolute Gasteiger partial charge is 0.497 e. The maximum Gasteiger partial charge on any atom is 0.338 e. The first-order valence-electron chi connectivity index (χ1n) is 9.63. The second-order valence-corrected chi connectivity index (χ2v) is 7.13. The number of methoxy groups -OCH3 is 1. The minimum Gasteiger partial charge on any atom is -0.497 e. The molecule has 0 unspecified atom stereocenters. The highest BCUT2D eigenvalue weighted by molar-refractivity contribution is 5.90. The third kappa shape index (κ3) is 4.45. The monoisotopic (exact) mass is 420 g/mol. The van der Waals surface area contributed by atoms with Crippen LogP contribution in [0.25, 0.3) is 22.4 Å². The number of benzene rings is 2. The first kappa shape index (κ1) is 20.3. The summed E-state index contributed by atoms with van der Waals surface area (Å²) in [5, 5.41) is 13.3. The first-order chi connectivity index (χ1) is 14.9. The van der Waals surface area contributed by atoms with Crippen LogP contribution in [-0.4, -0.2) is 39.4 Å². The lowest BCUT2D eigenvalue weighted by atomic mass is 10.1. The zero-order chi connectivity index (χ0) is 22.0. The van der Waals surface area contributed by atoms with Gasteiger partial charge in [0.2, 0.25) is 5.82 Å². The summed E-state index contributed by atoms with van der Waals surface area (Å²) in [5.41, 5.74) is 1.66. The van der Waals surface area contributed by atoms with Crippen molar-refractivity contribution >= 4 is 16.9 Å². The van der Waals surface area contributed by atoms with Gasteiger partial charge in [-0.05, 0) is 48.9 Å². The lowest BCUT2D eigenvalue weighted by Gasteiger charge is -2.08. The average molecular weight is 420 g/mol. The van der Waals surface area contributed by atoms with Crippen LogP contribution in [0.4, 0.5) is 0 Å². The number of hydrogen-bond donors (Lipinski definition) is 0. The Bertz CT molecular complexity index is 1310. The fourth-order valence-electron chi connectivity index (χ4n) is 3.11. The molecular formula is C22H20N4O5. The van der Waals surface area contributed by atoms with Gasteiger partial charge < -0.3 is 13.9 Å². The smallest absolute Gasteiger partial charge is 0.338 e.